The van der Waals surface area contributed by atoms with Crippen LogP contribution in [0.2, 0.25) is 0 Å². The molecule has 0 aliphatic heterocycles. The first kappa shape index (κ1) is 12.1. The number of ether oxygens (including phenoxy) is 1. The van der Waals surface area contributed by atoms with E-state index >= 15 is 0 Å². The van der Waals surface area contributed by atoms with E-state index in [0.29, 0.717) is 16.7 Å². The van der Waals surface area contributed by atoms with Gasteiger partial charge in [0.15, 0.2) is 0 Å². The number of carbonyl (C=O) groups is 1. The van der Waals surface area contributed by atoms with Gasteiger partial charge in [-0.25, -0.2) is 9.66 Å². The van der Waals surface area contributed by atoms with Gasteiger partial charge < -0.3 is 10.6 Å². The van der Waals surface area contributed by atoms with E-state index in [1.165, 1.54) is 7.11 Å². The molecule has 0 bridgehead atoms. The van der Waals surface area contributed by atoms with E-state index in [1.807, 2.05) is 0 Å². The minimum Gasteiger partial charge on any atom is -0.469 e. The van der Waals surface area contributed by atoms with Crippen molar-refractivity contribution in [3.63, 3.8) is 0 Å². The zero-order valence-corrected chi connectivity index (χ0v) is 9.92. The number of esters is 1. The van der Waals surface area contributed by atoms with Crippen LogP contribution in [0.1, 0.15) is 12.2 Å². The minimum absolute atomic E-state index is 0.137. The van der Waals surface area contributed by atoms with Crippen molar-refractivity contribution in [1.29, 1.82) is 0 Å². The Morgan fingerprint density at radius 2 is 2.17 bits per heavy atom. The normalized spacial score (nSPS) is 10.5. The molecule has 0 aliphatic rings. The lowest BCUT2D eigenvalue weighted by molar-refractivity contribution is -0.140. The highest BCUT2D eigenvalue weighted by Crippen LogP contribution is 2.07. The maximum Gasteiger partial charge on any atom is 0.305 e. The van der Waals surface area contributed by atoms with Crippen LogP contribution in [0.4, 0.5) is 0 Å². The Balaban J connectivity index is 2.43. The summed E-state index contributed by atoms with van der Waals surface area (Å²) in [5, 5.41) is 0.460. The zero-order valence-electron chi connectivity index (χ0n) is 9.92. The summed E-state index contributed by atoms with van der Waals surface area (Å²) in [6.45, 7) is 0. The van der Waals surface area contributed by atoms with Crippen LogP contribution >= 0.6 is 0 Å². The molecular formula is C12H13N3O3. The lowest BCUT2D eigenvalue weighted by atomic mass is 10.2. The number of hydrogen-bond donors (Lipinski definition) is 1. The van der Waals surface area contributed by atoms with E-state index in [9.17, 15) is 9.59 Å². The first-order chi connectivity index (χ1) is 8.63. The van der Waals surface area contributed by atoms with Crippen molar-refractivity contribution in [1.82, 2.24) is 9.66 Å². The van der Waals surface area contributed by atoms with E-state index in [2.05, 4.69) is 9.72 Å². The first-order valence-corrected chi connectivity index (χ1v) is 5.46. The molecule has 0 unspecified atom stereocenters. The van der Waals surface area contributed by atoms with Crippen molar-refractivity contribution in [2.24, 2.45) is 0 Å². The summed E-state index contributed by atoms with van der Waals surface area (Å²) in [6, 6.07) is 6.94. The molecule has 2 rings (SSSR count). The Hall–Kier alpha value is -2.37. The van der Waals surface area contributed by atoms with Gasteiger partial charge in [-0.15, -0.1) is 0 Å². The van der Waals surface area contributed by atoms with Gasteiger partial charge in [0.2, 0.25) is 0 Å². The second-order valence-corrected chi connectivity index (χ2v) is 3.80. The molecule has 2 aromatic rings. The summed E-state index contributed by atoms with van der Waals surface area (Å²) < 4.78 is 5.51. The second kappa shape index (κ2) is 4.87. The SMILES string of the molecule is COC(=O)CCc1nc2ccccc2c(=O)n1N. The van der Waals surface area contributed by atoms with Gasteiger partial charge in [0.25, 0.3) is 5.56 Å². The van der Waals surface area contributed by atoms with Crippen molar-refractivity contribution in [3.8, 4) is 0 Å². The van der Waals surface area contributed by atoms with Crippen molar-refractivity contribution in [2.75, 3.05) is 13.0 Å². The third-order valence-corrected chi connectivity index (χ3v) is 2.66. The largest absolute Gasteiger partial charge is 0.469 e. The number of methoxy groups -OCH3 is 1. The number of rotatable bonds is 3. The second-order valence-electron chi connectivity index (χ2n) is 3.80. The first-order valence-electron chi connectivity index (χ1n) is 5.46. The number of hydrogen-bond acceptors (Lipinski definition) is 5. The number of nitrogens with two attached hydrogens (primary N) is 1. The third-order valence-electron chi connectivity index (χ3n) is 2.66. The number of benzene rings is 1. The molecule has 0 amide bonds. The standard InChI is InChI=1S/C12H13N3O3/c1-18-11(16)7-6-10-14-9-5-3-2-4-8(9)12(17)15(10)13/h2-5H,6-7,13H2,1H3. The maximum atomic E-state index is 11.9. The van der Waals surface area contributed by atoms with Crippen LogP contribution in [0, 0.1) is 0 Å². The highest BCUT2D eigenvalue weighted by molar-refractivity contribution is 5.77. The zero-order chi connectivity index (χ0) is 13.1. The van der Waals surface area contributed by atoms with Crippen LogP contribution < -0.4 is 11.4 Å². The molecule has 1 aromatic carbocycles. The van der Waals surface area contributed by atoms with Gasteiger partial charge in [-0.3, -0.25) is 9.59 Å². The average Bonchev–Trinajstić information content (AvgIpc) is 2.41. The molecule has 1 aromatic heterocycles. The quantitative estimate of drug-likeness (QED) is 0.619. The number of aromatic nitrogens is 2. The van der Waals surface area contributed by atoms with Crippen LogP contribution in [0.5, 0.6) is 0 Å². The molecule has 6 nitrogen and oxygen atoms in total. The summed E-state index contributed by atoms with van der Waals surface area (Å²) in [5.74, 6) is 5.67. The molecule has 0 aliphatic carbocycles. The van der Waals surface area contributed by atoms with Crippen LogP contribution in [-0.4, -0.2) is 22.7 Å². The van der Waals surface area contributed by atoms with Crippen molar-refractivity contribution < 1.29 is 9.53 Å². The summed E-state index contributed by atoms with van der Waals surface area (Å²) in [6.07, 6.45) is 0.404. The minimum atomic E-state index is -0.364. The molecule has 0 atom stereocenters. The summed E-state index contributed by atoms with van der Waals surface area (Å²) >= 11 is 0. The maximum absolute atomic E-state index is 11.9. The number of aryl methyl sites for hydroxylation is 1. The average molecular weight is 247 g/mol. The van der Waals surface area contributed by atoms with Gasteiger partial charge in [0.05, 0.1) is 24.4 Å². The molecule has 0 radical (unpaired) electrons. The van der Waals surface area contributed by atoms with Gasteiger partial charge in [-0.05, 0) is 12.1 Å². The lowest BCUT2D eigenvalue weighted by Crippen LogP contribution is -2.32. The topological polar surface area (TPSA) is 87.2 Å². The van der Waals surface area contributed by atoms with Crippen LogP contribution in [0.15, 0.2) is 29.1 Å². The molecule has 18 heavy (non-hydrogen) atoms. The number of carbonyl (C=O) groups excluding carboxylic acids is 1. The molecule has 0 saturated heterocycles. The summed E-state index contributed by atoms with van der Waals surface area (Å²) in [5.41, 5.74) is 0.254. The number of nitrogens with zero attached hydrogens (tertiary/aromatic N) is 2. The van der Waals surface area contributed by atoms with Crippen molar-refractivity contribution in [2.45, 2.75) is 12.8 Å². The highest BCUT2D eigenvalue weighted by Gasteiger charge is 2.10. The number of nitrogen functional groups attached to an aromatic ring is 1. The molecule has 0 saturated carbocycles. The van der Waals surface area contributed by atoms with E-state index in [0.717, 1.165) is 4.68 Å². The Kier molecular flexibility index (Phi) is 3.27. The highest BCUT2D eigenvalue weighted by atomic mass is 16.5. The van der Waals surface area contributed by atoms with E-state index in [-0.39, 0.29) is 24.4 Å². The molecule has 2 N–H and O–H groups in total. The van der Waals surface area contributed by atoms with Crippen LogP contribution in [0.3, 0.4) is 0 Å². The van der Waals surface area contributed by atoms with E-state index in [4.69, 9.17) is 5.84 Å². The Morgan fingerprint density at radius 3 is 2.89 bits per heavy atom. The number of para-hydroxylation sites is 1. The van der Waals surface area contributed by atoms with Crippen LogP contribution in [0.25, 0.3) is 10.9 Å². The van der Waals surface area contributed by atoms with Crippen LogP contribution in [-0.2, 0) is 16.0 Å². The van der Waals surface area contributed by atoms with Gasteiger partial charge in [0.1, 0.15) is 5.82 Å². The lowest BCUT2D eigenvalue weighted by Gasteiger charge is -2.07. The number of fused-ring (bicyclic) bond motifs is 1. The molecule has 0 spiro atoms. The fourth-order valence-electron chi connectivity index (χ4n) is 1.68. The fourth-order valence-corrected chi connectivity index (χ4v) is 1.68. The molecule has 0 fully saturated rings. The molecule has 6 heteroatoms. The van der Waals surface area contributed by atoms with E-state index in [1.54, 1.807) is 24.3 Å². The summed E-state index contributed by atoms with van der Waals surface area (Å²) in [7, 11) is 1.31. The van der Waals surface area contributed by atoms with Gasteiger partial charge >= 0.3 is 5.97 Å². The van der Waals surface area contributed by atoms with Gasteiger partial charge in [-0.2, -0.15) is 0 Å². The fraction of sp³-hybridized carbons (Fsp3) is 0.250. The Labute approximate surface area is 103 Å². The van der Waals surface area contributed by atoms with Crippen molar-refractivity contribution >= 4 is 16.9 Å². The molecule has 1 heterocycles. The predicted octanol–water partition coefficient (Wildman–Crippen LogP) is 0.216. The van der Waals surface area contributed by atoms with Gasteiger partial charge in [0, 0.05) is 6.42 Å². The monoisotopic (exact) mass is 247 g/mol. The van der Waals surface area contributed by atoms with Gasteiger partial charge in [-0.1, -0.05) is 12.1 Å². The van der Waals surface area contributed by atoms with Crippen molar-refractivity contribution in [3.05, 3.63) is 40.4 Å². The molecular weight excluding hydrogens is 234 g/mol. The Morgan fingerprint density at radius 1 is 1.44 bits per heavy atom. The summed E-state index contributed by atoms with van der Waals surface area (Å²) in [4.78, 5) is 27.3. The van der Waals surface area contributed by atoms with E-state index < -0.39 is 0 Å². The third kappa shape index (κ3) is 2.17. The smallest absolute Gasteiger partial charge is 0.305 e. The predicted molar refractivity (Wildman–Crippen MR) is 66.5 cm³/mol. The Bertz CT molecular complexity index is 649. The molecule has 94 valence electrons.